The quantitative estimate of drug-likeness (QED) is 0.832. The van der Waals surface area contributed by atoms with Gasteiger partial charge in [0.2, 0.25) is 0 Å². The van der Waals surface area contributed by atoms with Crippen LogP contribution in [0.4, 0.5) is 4.39 Å². The molecule has 0 aliphatic carbocycles. The smallest absolute Gasteiger partial charge is 0.316 e. The van der Waals surface area contributed by atoms with Gasteiger partial charge in [-0.05, 0) is 31.4 Å². The van der Waals surface area contributed by atoms with Crippen molar-refractivity contribution in [2.45, 2.75) is 25.9 Å². The van der Waals surface area contributed by atoms with Gasteiger partial charge >= 0.3 is 6.01 Å². The fraction of sp³-hybridized carbons (Fsp3) is 0.389. The lowest BCUT2D eigenvalue weighted by Crippen LogP contribution is -2.46. The second-order valence-corrected chi connectivity index (χ2v) is 5.96. The van der Waals surface area contributed by atoms with E-state index >= 15 is 0 Å². The largest absolute Gasteiger partial charge is 0.484 e. The Morgan fingerprint density at radius 1 is 1.32 bits per heavy atom. The van der Waals surface area contributed by atoms with E-state index in [-0.39, 0.29) is 24.6 Å². The molecule has 1 atom stereocenters. The van der Waals surface area contributed by atoms with Crippen molar-refractivity contribution in [3.8, 4) is 11.8 Å². The first kappa shape index (κ1) is 17.1. The molecule has 1 amide bonds. The van der Waals surface area contributed by atoms with Crippen LogP contribution < -0.4 is 9.47 Å². The number of piperidine rings is 1. The highest BCUT2D eigenvalue weighted by molar-refractivity contribution is 5.78. The number of carbonyl (C=O) groups is 1. The van der Waals surface area contributed by atoms with Crippen molar-refractivity contribution in [1.82, 2.24) is 14.9 Å². The van der Waals surface area contributed by atoms with Gasteiger partial charge in [-0.25, -0.2) is 14.4 Å². The van der Waals surface area contributed by atoms with E-state index in [0.717, 1.165) is 30.8 Å². The Hall–Kier alpha value is -2.70. The number of ether oxygens (including phenoxy) is 2. The third-order valence-electron chi connectivity index (χ3n) is 4.04. The molecule has 0 N–H and O–H groups in total. The number of amides is 1. The van der Waals surface area contributed by atoms with Crippen LogP contribution >= 0.6 is 0 Å². The van der Waals surface area contributed by atoms with Crippen molar-refractivity contribution in [2.24, 2.45) is 0 Å². The summed E-state index contributed by atoms with van der Waals surface area (Å²) < 4.78 is 24.1. The van der Waals surface area contributed by atoms with E-state index in [9.17, 15) is 9.18 Å². The molecule has 1 aromatic carbocycles. The molecule has 2 aromatic rings. The summed E-state index contributed by atoms with van der Waals surface area (Å²) in [6.45, 7) is 3.04. The van der Waals surface area contributed by atoms with Crippen LogP contribution in [0.5, 0.6) is 11.8 Å². The summed E-state index contributed by atoms with van der Waals surface area (Å²) in [7, 11) is 0. The Morgan fingerprint density at radius 3 is 2.84 bits per heavy atom. The molecule has 1 aromatic heterocycles. The first-order valence-electron chi connectivity index (χ1n) is 8.22. The molecule has 6 nitrogen and oxygen atoms in total. The van der Waals surface area contributed by atoms with Gasteiger partial charge in [0, 0.05) is 6.54 Å². The van der Waals surface area contributed by atoms with Gasteiger partial charge in [0.1, 0.15) is 11.9 Å². The average molecular weight is 345 g/mol. The number of nitrogens with zero attached hydrogens (tertiary/aromatic N) is 3. The van der Waals surface area contributed by atoms with Gasteiger partial charge < -0.3 is 14.4 Å². The van der Waals surface area contributed by atoms with Crippen LogP contribution in [-0.2, 0) is 4.79 Å². The van der Waals surface area contributed by atoms with Gasteiger partial charge in [0.15, 0.2) is 12.4 Å². The monoisotopic (exact) mass is 345 g/mol. The van der Waals surface area contributed by atoms with Crippen LogP contribution in [0.25, 0.3) is 0 Å². The Labute approximate surface area is 145 Å². The highest BCUT2D eigenvalue weighted by Gasteiger charge is 2.25. The summed E-state index contributed by atoms with van der Waals surface area (Å²) in [5.41, 5.74) is 0.989. The molecule has 25 heavy (non-hydrogen) atoms. The zero-order valence-electron chi connectivity index (χ0n) is 14.0. The summed E-state index contributed by atoms with van der Waals surface area (Å²) >= 11 is 0. The van der Waals surface area contributed by atoms with Crippen LogP contribution in [0.2, 0.25) is 0 Å². The first-order chi connectivity index (χ1) is 12.1. The molecule has 1 fully saturated rings. The molecule has 1 aliphatic heterocycles. The van der Waals surface area contributed by atoms with Crippen LogP contribution in [0.15, 0.2) is 36.7 Å². The topological polar surface area (TPSA) is 64.5 Å². The number of likely N-dealkylation sites (tertiary alicyclic amines) is 1. The highest BCUT2D eigenvalue weighted by atomic mass is 19.1. The second kappa shape index (κ2) is 7.92. The molecule has 7 heteroatoms. The molecule has 132 valence electrons. The van der Waals surface area contributed by atoms with E-state index in [1.165, 1.54) is 0 Å². The van der Waals surface area contributed by atoms with Crippen molar-refractivity contribution in [3.05, 3.63) is 48.0 Å². The fourth-order valence-corrected chi connectivity index (χ4v) is 2.72. The molecule has 2 heterocycles. The van der Waals surface area contributed by atoms with Gasteiger partial charge in [0.05, 0.1) is 18.9 Å². The maximum atomic E-state index is 12.8. The molecule has 1 saturated heterocycles. The normalized spacial score (nSPS) is 17.2. The van der Waals surface area contributed by atoms with E-state index < -0.39 is 5.82 Å². The minimum Gasteiger partial charge on any atom is -0.484 e. The zero-order valence-corrected chi connectivity index (χ0v) is 14.0. The third-order valence-corrected chi connectivity index (χ3v) is 4.04. The summed E-state index contributed by atoms with van der Waals surface area (Å²) in [4.78, 5) is 21.7. The number of carbonyl (C=O) groups excluding carboxylic acids is 1. The van der Waals surface area contributed by atoms with Crippen molar-refractivity contribution in [1.29, 1.82) is 0 Å². The molecule has 3 rings (SSSR count). The maximum absolute atomic E-state index is 12.8. The van der Waals surface area contributed by atoms with Crippen LogP contribution in [0, 0.1) is 12.7 Å². The maximum Gasteiger partial charge on any atom is 0.316 e. The molecule has 1 unspecified atom stereocenters. The highest BCUT2D eigenvalue weighted by Crippen LogP contribution is 2.18. The number of benzene rings is 1. The predicted octanol–water partition coefficient (Wildman–Crippen LogP) is 2.37. The second-order valence-electron chi connectivity index (χ2n) is 5.96. The van der Waals surface area contributed by atoms with E-state index in [2.05, 4.69) is 9.97 Å². The van der Waals surface area contributed by atoms with Crippen molar-refractivity contribution < 1.29 is 18.7 Å². The Bertz CT molecular complexity index is 724. The van der Waals surface area contributed by atoms with E-state index in [0.29, 0.717) is 18.8 Å². The number of para-hydroxylation sites is 1. The van der Waals surface area contributed by atoms with Crippen LogP contribution in [-0.4, -0.2) is 46.6 Å². The lowest BCUT2D eigenvalue weighted by Gasteiger charge is -2.32. The summed E-state index contributed by atoms with van der Waals surface area (Å²) in [6.07, 6.45) is 3.53. The minimum absolute atomic E-state index is 0.00930. The molecule has 1 aliphatic rings. The van der Waals surface area contributed by atoms with Gasteiger partial charge in [0.25, 0.3) is 5.91 Å². The number of rotatable bonds is 5. The van der Waals surface area contributed by atoms with Crippen LogP contribution in [0.3, 0.4) is 0 Å². The molecule has 0 bridgehead atoms. The van der Waals surface area contributed by atoms with Gasteiger partial charge in [-0.1, -0.05) is 18.2 Å². The average Bonchev–Trinajstić information content (AvgIpc) is 2.63. The van der Waals surface area contributed by atoms with Crippen molar-refractivity contribution in [3.63, 3.8) is 0 Å². The lowest BCUT2D eigenvalue weighted by molar-refractivity contribution is -0.136. The molecule has 0 radical (unpaired) electrons. The van der Waals surface area contributed by atoms with Gasteiger partial charge in [-0.2, -0.15) is 0 Å². The van der Waals surface area contributed by atoms with E-state index in [1.807, 2.05) is 31.2 Å². The zero-order chi connectivity index (χ0) is 17.6. The lowest BCUT2D eigenvalue weighted by atomic mass is 10.1. The number of hydrogen-bond acceptors (Lipinski definition) is 5. The standard InChI is InChI=1S/C18H20FN3O3/c1-13-5-2-3-7-16(13)24-12-17(23)22-8-4-6-15(11-22)25-18-20-9-14(19)10-21-18/h2-3,5,7,9-10,15H,4,6,8,11-12H2,1H3. The van der Waals surface area contributed by atoms with Gasteiger partial charge in [-0.3, -0.25) is 4.79 Å². The first-order valence-corrected chi connectivity index (χ1v) is 8.22. The number of hydrogen-bond donors (Lipinski definition) is 0. The van der Waals surface area contributed by atoms with E-state index in [1.54, 1.807) is 4.90 Å². The van der Waals surface area contributed by atoms with E-state index in [4.69, 9.17) is 9.47 Å². The summed E-state index contributed by atoms with van der Waals surface area (Å²) in [6, 6.07) is 7.70. The summed E-state index contributed by atoms with van der Waals surface area (Å²) in [5.74, 6) is 0.109. The molecule has 0 saturated carbocycles. The SMILES string of the molecule is Cc1ccccc1OCC(=O)N1CCCC(Oc2ncc(F)cn2)C1. The molecular weight excluding hydrogens is 325 g/mol. The molecular formula is C18H20FN3O3. The number of halogens is 1. The summed E-state index contributed by atoms with van der Waals surface area (Å²) in [5, 5.41) is 0. The van der Waals surface area contributed by atoms with Crippen molar-refractivity contribution in [2.75, 3.05) is 19.7 Å². The fourth-order valence-electron chi connectivity index (χ4n) is 2.72. The Balaban J connectivity index is 1.52. The number of aryl methyl sites for hydroxylation is 1. The van der Waals surface area contributed by atoms with Gasteiger partial charge in [-0.15, -0.1) is 0 Å². The predicted molar refractivity (Wildman–Crippen MR) is 88.9 cm³/mol. The molecule has 0 spiro atoms. The van der Waals surface area contributed by atoms with Crippen molar-refractivity contribution >= 4 is 5.91 Å². The number of aromatic nitrogens is 2. The Morgan fingerprint density at radius 2 is 2.08 bits per heavy atom. The third kappa shape index (κ3) is 4.65. The minimum atomic E-state index is -0.513. The Kier molecular flexibility index (Phi) is 5.42. The van der Waals surface area contributed by atoms with Crippen LogP contribution in [0.1, 0.15) is 18.4 Å².